The van der Waals surface area contributed by atoms with Crippen molar-refractivity contribution in [1.82, 2.24) is 10.6 Å². The molecule has 2 unspecified atom stereocenters. The molecular formula is C16H21N3O2. The van der Waals surface area contributed by atoms with Gasteiger partial charge in [0.25, 0.3) is 5.91 Å². The Morgan fingerprint density at radius 1 is 1.19 bits per heavy atom. The van der Waals surface area contributed by atoms with Gasteiger partial charge >= 0.3 is 0 Å². The van der Waals surface area contributed by atoms with Crippen LogP contribution in [-0.2, 0) is 4.79 Å². The summed E-state index contributed by atoms with van der Waals surface area (Å²) < 4.78 is 0. The molecule has 21 heavy (non-hydrogen) atoms. The lowest BCUT2D eigenvalue weighted by atomic mass is 9.97. The molecule has 1 aromatic carbocycles. The average molecular weight is 287 g/mol. The fourth-order valence-electron chi connectivity index (χ4n) is 2.67. The summed E-state index contributed by atoms with van der Waals surface area (Å²) in [6, 6.07) is 7.49. The standard InChI is InChI=1S/C16H21N3O2/c1-10-8-17-9-13(10)16(21)19-14-5-3-2-4-12(14)15(20)18-11-6-7-11/h2-5,10-11,13,17H,6-9H2,1H3,(H,18,20)(H,19,21). The molecule has 1 saturated carbocycles. The van der Waals surface area contributed by atoms with Gasteiger partial charge in [-0.15, -0.1) is 0 Å². The van der Waals surface area contributed by atoms with Crippen LogP contribution in [0.15, 0.2) is 24.3 Å². The van der Waals surface area contributed by atoms with Crippen molar-refractivity contribution in [3.8, 4) is 0 Å². The molecule has 1 saturated heterocycles. The molecule has 112 valence electrons. The fraction of sp³-hybridized carbons (Fsp3) is 0.500. The summed E-state index contributed by atoms with van der Waals surface area (Å²) >= 11 is 0. The summed E-state index contributed by atoms with van der Waals surface area (Å²) in [7, 11) is 0. The van der Waals surface area contributed by atoms with E-state index >= 15 is 0 Å². The quantitative estimate of drug-likeness (QED) is 0.783. The van der Waals surface area contributed by atoms with E-state index in [1.165, 1.54) is 0 Å². The van der Waals surface area contributed by atoms with Crippen LogP contribution in [0.25, 0.3) is 0 Å². The van der Waals surface area contributed by atoms with Crippen LogP contribution in [0.2, 0.25) is 0 Å². The van der Waals surface area contributed by atoms with Gasteiger partial charge in [0.2, 0.25) is 5.91 Å². The van der Waals surface area contributed by atoms with Gasteiger partial charge in [-0.2, -0.15) is 0 Å². The SMILES string of the molecule is CC1CNCC1C(=O)Nc1ccccc1C(=O)NC1CC1. The Bertz CT molecular complexity index is 554. The zero-order valence-corrected chi connectivity index (χ0v) is 12.2. The highest BCUT2D eigenvalue weighted by Crippen LogP contribution is 2.23. The first kappa shape index (κ1) is 14.1. The molecule has 0 radical (unpaired) electrons. The van der Waals surface area contributed by atoms with E-state index in [1.807, 2.05) is 12.1 Å². The summed E-state index contributed by atoms with van der Waals surface area (Å²) in [5.41, 5.74) is 1.14. The van der Waals surface area contributed by atoms with Crippen LogP contribution >= 0.6 is 0 Å². The maximum atomic E-state index is 12.4. The van der Waals surface area contributed by atoms with E-state index in [0.29, 0.717) is 29.8 Å². The first-order valence-corrected chi connectivity index (χ1v) is 7.56. The normalized spacial score (nSPS) is 24.6. The number of carbonyl (C=O) groups excluding carboxylic acids is 2. The Kier molecular flexibility index (Phi) is 3.92. The number of benzene rings is 1. The second-order valence-corrected chi connectivity index (χ2v) is 6.02. The Morgan fingerprint density at radius 2 is 1.95 bits per heavy atom. The minimum Gasteiger partial charge on any atom is -0.349 e. The fourth-order valence-corrected chi connectivity index (χ4v) is 2.67. The molecule has 2 atom stereocenters. The van der Waals surface area contributed by atoms with Gasteiger partial charge in [-0.3, -0.25) is 9.59 Å². The molecule has 5 nitrogen and oxygen atoms in total. The molecule has 0 bridgehead atoms. The largest absolute Gasteiger partial charge is 0.349 e. The lowest BCUT2D eigenvalue weighted by Crippen LogP contribution is -2.30. The monoisotopic (exact) mass is 287 g/mol. The van der Waals surface area contributed by atoms with Crippen LogP contribution in [0.5, 0.6) is 0 Å². The molecule has 1 aliphatic carbocycles. The maximum absolute atomic E-state index is 12.4. The molecule has 3 N–H and O–H groups in total. The van der Waals surface area contributed by atoms with Gasteiger partial charge in [-0.05, 0) is 37.4 Å². The third-order valence-corrected chi connectivity index (χ3v) is 4.20. The van der Waals surface area contributed by atoms with Gasteiger partial charge in [0, 0.05) is 12.6 Å². The third-order valence-electron chi connectivity index (χ3n) is 4.20. The molecule has 2 aliphatic rings. The number of para-hydroxylation sites is 1. The van der Waals surface area contributed by atoms with E-state index in [0.717, 1.165) is 19.4 Å². The maximum Gasteiger partial charge on any atom is 0.253 e. The highest BCUT2D eigenvalue weighted by atomic mass is 16.2. The van der Waals surface area contributed by atoms with E-state index in [9.17, 15) is 9.59 Å². The molecule has 0 spiro atoms. The Labute approximate surface area is 124 Å². The highest BCUT2D eigenvalue weighted by Gasteiger charge is 2.30. The zero-order valence-electron chi connectivity index (χ0n) is 12.2. The highest BCUT2D eigenvalue weighted by molar-refractivity contribution is 6.04. The predicted molar refractivity (Wildman–Crippen MR) is 81.1 cm³/mol. The number of carbonyl (C=O) groups is 2. The number of rotatable bonds is 4. The summed E-state index contributed by atoms with van der Waals surface area (Å²) in [4.78, 5) is 24.6. The summed E-state index contributed by atoms with van der Waals surface area (Å²) in [6.07, 6.45) is 2.09. The van der Waals surface area contributed by atoms with Gasteiger partial charge in [-0.25, -0.2) is 0 Å². The van der Waals surface area contributed by atoms with Crippen molar-refractivity contribution in [1.29, 1.82) is 0 Å². The van der Waals surface area contributed by atoms with Crippen LogP contribution in [0.1, 0.15) is 30.1 Å². The smallest absolute Gasteiger partial charge is 0.253 e. The van der Waals surface area contributed by atoms with E-state index < -0.39 is 0 Å². The Morgan fingerprint density at radius 3 is 2.62 bits per heavy atom. The topological polar surface area (TPSA) is 70.2 Å². The number of hydrogen-bond donors (Lipinski definition) is 3. The minimum absolute atomic E-state index is 0.0147. The second-order valence-electron chi connectivity index (χ2n) is 6.02. The predicted octanol–water partition coefficient (Wildman–Crippen LogP) is 1.37. The third kappa shape index (κ3) is 3.24. The summed E-state index contributed by atoms with van der Waals surface area (Å²) in [5.74, 6) is 0.159. The molecule has 1 heterocycles. The first-order chi connectivity index (χ1) is 10.1. The van der Waals surface area contributed by atoms with Crippen LogP contribution in [-0.4, -0.2) is 30.9 Å². The number of amides is 2. The van der Waals surface area contributed by atoms with Crippen molar-refractivity contribution in [2.75, 3.05) is 18.4 Å². The minimum atomic E-state index is -0.106. The molecule has 3 rings (SSSR count). The Hall–Kier alpha value is -1.88. The molecule has 5 heteroatoms. The van der Waals surface area contributed by atoms with Crippen LogP contribution in [0, 0.1) is 11.8 Å². The number of nitrogens with one attached hydrogen (secondary N) is 3. The van der Waals surface area contributed by atoms with Gasteiger partial charge in [0.15, 0.2) is 0 Å². The van der Waals surface area contributed by atoms with Gasteiger partial charge in [-0.1, -0.05) is 19.1 Å². The summed E-state index contributed by atoms with van der Waals surface area (Å²) in [5, 5.41) is 9.10. The summed E-state index contributed by atoms with van der Waals surface area (Å²) in [6.45, 7) is 3.63. The van der Waals surface area contributed by atoms with Gasteiger partial charge < -0.3 is 16.0 Å². The van der Waals surface area contributed by atoms with Gasteiger partial charge in [0.05, 0.1) is 17.2 Å². The van der Waals surface area contributed by atoms with E-state index in [1.54, 1.807) is 12.1 Å². The zero-order chi connectivity index (χ0) is 14.8. The van der Waals surface area contributed by atoms with Crippen molar-refractivity contribution < 1.29 is 9.59 Å². The van der Waals surface area contributed by atoms with E-state index in [2.05, 4.69) is 22.9 Å². The van der Waals surface area contributed by atoms with Crippen molar-refractivity contribution in [2.24, 2.45) is 11.8 Å². The first-order valence-electron chi connectivity index (χ1n) is 7.56. The number of anilines is 1. The van der Waals surface area contributed by atoms with E-state index in [-0.39, 0.29) is 17.7 Å². The van der Waals surface area contributed by atoms with Crippen molar-refractivity contribution in [3.63, 3.8) is 0 Å². The lowest BCUT2D eigenvalue weighted by molar-refractivity contribution is -0.120. The van der Waals surface area contributed by atoms with Crippen LogP contribution < -0.4 is 16.0 Å². The van der Waals surface area contributed by atoms with Gasteiger partial charge in [0.1, 0.15) is 0 Å². The van der Waals surface area contributed by atoms with E-state index in [4.69, 9.17) is 0 Å². The number of hydrogen-bond acceptors (Lipinski definition) is 3. The molecule has 2 amide bonds. The molecule has 1 aromatic rings. The average Bonchev–Trinajstić information content (AvgIpc) is 3.17. The lowest BCUT2D eigenvalue weighted by Gasteiger charge is -2.16. The van der Waals surface area contributed by atoms with Crippen LogP contribution in [0.4, 0.5) is 5.69 Å². The molecular weight excluding hydrogens is 266 g/mol. The molecule has 2 fully saturated rings. The molecule has 0 aromatic heterocycles. The van der Waals surface area contributed by atoms with Crippen LogP contribution in [0.3, 0.4) is 0 Å². The molecule has 1 aliphatic heterocycles. The van der Waals surface area contributed by atoms with Crippen molar-refractivity contribution >= 4 is 17.5 Å². The van der Waals surface area contributed by atoms with Crippen molar-refractivity contribution in [3.05, 3.63) is 29.8 Å². The second kappa shape index (κ2) is 5.85. The van der Waals surface area contributed by atoms with Crippen molar-refractivity contribution in [2.45, 2.75) is 25.8 Å². The Balaban J connectivity index is 1.72.